The summed E-state index contributed by atoms with van der Waals surface area (Å²) in [5.74, 6) is -0.381. The topological polar surface area (TPSA) is 83.0 Å². The zero-order valence-corrected chi connectivity index (χ0v) is 11.6. The number of ether oxygens (including phenoxy) is 1. The smallest absolute Gasteiger partial charge is 0.410 e. The van der Waals surface area contributed by atoms with Crippen molar-refractivity contribution in [3.05, 3.63) is 41.4 Å². The molecule has 21 heavy (non-hydrogen) atoms. The summed E-state index contributed by atoms with van der Waals surface area (Å²) < 4.78 is 5.25. The Morgan fingerprint density at radius 3 is 2.57 bits per heavy atom. The second kappa shape index (κ2) is 7.36. The van der Waals surface area contributed by atoms with Gasteiger partial charge in [-0.3, -0.25) is 4.79 Å². The predicted molar refractivity (Wildman–Crippen MR) is 75.6 cm³/mol. The minimum atomic E-state index is -0.361. The van der Waals surface area contributed by atoms with Gasteiger partial charge in [-0.05, 0) is 18.4 Å². The second-order valence-electron chi connectivity index (χ2n) is 4.95. The monoisotopic (exact) mass is 287 g/mol. The fourth-order valence-corrected chi connectivity index (χ4v) is 2.32. The molecule has 0 unspecified atom stereocenters. The van der Waals surface area contributed by atoms with Crippen LogP contribution in [0.1, 0.15) is 18.4 Å². The minimum Gasteiger partial charge on any atom is -0.445 e. The highest BCUT2D eigenvalue weighted by atomic mass is 16.6. The lowest BCUT2D eigenvalue weighted by atomic mass is 9.93. The van der Waals surface area contributed by atoms with E-state index in [4.69, 9.17) is 10.3 Å². The number of likely N-dealkylation sites (tertiary alicyclic amines) is 1. The molecule has 1 aliphatic rings. The summed E-state index contributed by atoms with van der Waals surface area (Å²) in [5.41, 5.74) is 9.29. The Hall–Kier alpha value is -2.46. The molecule has 1 aromatic carbocycles. The lowest BCUT2D eigenvalue weighted by molar-refractivity contribution is -0.120. The Labute approximate surface area is 122 Å². The van der Waals surface area contributed by atoms with Crippen LogP contribution in [0.5, 0.6) is 0 Å². The molecule has 6 nitrogen and oxygen atoms in total. The quantitative estimate of drug-likeness (QED) is 0.481. The first-order valence-electron chi connectivity index (χ1n) is 6.87. The SMILES string of the molecule is [N-]=[N+]=CC(=O)C1CCN(C(=O)OCc2ccccc2)CC1. The predicted octanol–water partition coefficient (Wildman–Crippen LogP) is 1.90. The van der Waals surface area contributed by atoms with Crippen LogP contribution in [0.25, 0.3) is 5.53 Å². The number of hydrogen-bond acceptors (Lipinski definition) is 3. The van der Waals surface area contributed by atoms with E-state index >= 15 is 0 Å². The Balaban J connectivity index is 1.78. The van der Waals surface area contributed by atoms with Crippen LogP contribution < -0.4 is 0 Å². The summed E-state index contributed by atoms with van der Waals surface area (Å²) in [6.45, 7) is 1.20. The molecular formula is C15H17N3O3. The van der Waals surface area contributed by atoms with Crippen LogP contribution in [0.3, 0.4) is 0 Å². The second-order valence-corrected chi connectivity index (χ2v) is 4.95. The average Bonchev–Trinajstić information content (AvgIpc) is 2.54. The van der Waals surface area contributed by atoms with Crippen LogP contribution in [0.4, 0.5) is 4.79 Å². The van der Waals surface area contributed by atoms with Gasteiger partial charge in [-0.1, -0.05) is 30.3 Å². The van der Waals surface area contributed by atoms with E-state index in [1.54, 1.807) is 4.90 Å². The third kappa shape index (κ3) is 4.26. The summed E-state index contributed by atoms with van der Waals surface area (Å²) in [6.07, 6.45) is 1.69. The van der Waals surface area contributed by atoms with Crippen molar-refractivity contribution < 1.29 is 19.1 Å². The molecule has 0 aliphatic carbocycles. The normalized spacial score (nSPS) is 15.1. The average molecular weight is 287 g/mol. The van der Waals surface area contributed by atoms with Crippen LogP contribution >= 0.6 is 0 Å². The van der Waals surface area contributed by atoms with Crippen molar-refractivity contribution in [2.24, 2.45) is 5.92 Å². The number of piperidine rings is 1. The van der Waals surface area contributed by atoms with Crippen molar-refractivity contribution in [1.82, 2.24) is 4.90 Å². The first-order chi connectivity index (χ1) is 10.2. The molecule has 0 spiro atoms. The number of rotatable bonds is 4. The van der Waals surface area contributed by atoms with Gasteiger partial charge < -0.3 is 15.2 Å². The third-order valence-electron chi connectivity index (χ3n) is 3.55. The fourth-order valence-electron chi connectivity index (χ4n) is 2.32. The van der Waals surface area contributed by atoms with E-state index in [2.05, 4.69) is 4.79 Å². The maximum absolute atomic E-state index is 11.9. The Morgan fingerprint density at radius 1 is 1.29 bits per heavy atom. The molecule has 1 fully saturated rings. The molecule has 1 heterocycles. The van der Waals surface area contributed by atoms with E-state index in [0.29, 0.717) is 25.9 Å². The van der Waals surface area contributed by atoms with Gasteiger partial charge in [-0.2, -0.15) is 4.79 Å². The fraction of sp³-hybridized carbons (Fsp3) is 0.400. The zero-order chi connectivity index (χ0) is 15.1. The van der Waals surface area contributed by atoms with E-state index < -0.39 is 0 Å². The molecule has 0 atom stereocenters. The molecular weight excluding hydrogens is 270 g/mol. The van der Waals surface area contributed by atoms with E-state index in [1.807, 2.05) is 30.3 Å². The van der Waals surface area contributed by atoms with Crippen molar-refractivity contribution in [3.63, 3.8) is 0 Å². The summed E-state index contributed by atoms with van der Waals surface area (Å²) in [4.78, 5) is 27.8. The summed E-state index contributed by atoms with van der Waals surface area (Å²) >= 11 is 0. The van der Waals surface area contributed by atoms with E-state index in [9.17, 15) is 9.59 Å². The molecule has 6 heteroatoms. The van der Waals surface area contributed by atoms with Crippen molar-refractivity contribution in [1.29, 1.82) is 0 Å². The molecule has 1 amide bonds. The molecule has 110 valence electrons. The van der Waals surface area contributed by atoms with Crippen LogP contribution in [0.2, 0.25) is 0 Å². The van der Waals surface area contributed by atoms with E-state index in [-0.39, 0.29) is 24.4 Å². The maximum Gasteiger partial charge on any atom is 0.410 e. The number of ketones is 1. The molecule has 1 aromatic rings. The number of carbonyl (C=O) groups is 2. The van der Waals surface area contributed by atoms with Crippen LogP contribution in [0.15, 0.2) is 30.3 Å². The molecule has 1 aliphatic heterocycles. The zero-order valence-electron chi connectivity index (χ0n) is 11.6. The third-order valence-corrected chi connectivity index (χ3v) is 3.55. The van der Waals surface area contributed by atoms with Gasteiger partial charge in [0.15, 0.2) is 0 Å². The number of benzene rings is 1. The van der Waals surface area contributed by atoms with Gasteiger partial charge in [-0.25, -0.2) is 4.79 Å². The van der Waals surface area contributed by atoms with Gasteiger partial charge in [0.05, 0.1) is 0 Å². The van der Waals surface area contributed by atoms with Gasteiger partial charge in [-0.15, -0.1) is 0 Å². The van der Waals surface area contributed by atoms with Crippen molar-refractivity contribution in [2.75, 3.05) is 13.1 Å². The largest absolute Gasteiger partial charge is 0.445 e. The summed E-state index contributed by atoms with van der Waals surface area (Å²) in [5, 5.41) is 0. The van der Waals surface area contributed by atoms with Crippen LogP contribution in [-0.4, -0.2) is 40.9 Å². The van der Waals surface area contributed by atoms with Gasteiger partial charge in [0.1, 0.15) is 6.61 Å². The number of carbonyl (C=O) groups excluding carboxylic acids is 2. The first-order valence-corrected chi connectivity index (χ1v) is 6.87. The van der Waals surface area contributed by atoms with Gasteiger partial charge in [0, 0.05) is 19.0 Å². The highest BCUT2D eigenvalue weighted by Gasteiger charge is 2.28. The lowest BCUT2D eigenvalue weighted by Gasteiger charge is -2.29. The van der Waals surface area contributed by atoms with E-state index in [0.717, 1.165) is 11.8 Å². The molecule has 0 N–H and O–H groups in total. The number of nitrogens with zero attached hydrogens (tertiary/aromatic N) is 3. The molecule has 0 saturated carbocycles. The van der Waals surface area contributed by atoms with Gasteiger partial charge in [0.2, 0.25) is 5.78 Å². The standard InChI is InChI=1S/C15H17N3O3/c16-17-10-14(19)13-6-8-18(9-7-13)15(20)21-11-12-4-2-1-3-5-12/h1-5,10,13H,6-9,11H2. The highest BCUT2D eigenvalue weighted by Crippen LogP contribution is 2.18. The highest BCUT2D eigenvalue weighted by molar-refractivity contribution is 6.26. The van der Waals surface area contributed by atoms with Crippen molar-refractivity contribution in [2.45, 2.75) is 19.4 Å². The van der Waals surface area contributed by atoms with Crippen molar-refractivity contribution in [3.8, 4) is 0 Å². The molecule has 2 rings (SSSR count). The Morgan fingerprint density at radius 2 is 1.95 bits per heavy atom. The maximum atomic E-state index is 11.9. The summed E-state index contributed by atoms with van der Waals surface area (Å²) in [6, 6.07) is 9.48. The minimum absolute atomic E-state index is 0.181. The molecule has 0 bridgehead atoms. The van der Waals surface area contributed by atoms with Crippen LogP contribution in [-0.2, 0) is 16.1 Å². The number of hydrogen-bond donors (Lipinski definition) is 0. The first kappa shape index (κ1) is 14.9. The van der Waals surface area contributed by atoms with Crippen LogP contribution in [0, 0.1) is 5.92 Å². The lowest BCUT2D eigenvalue weighted by Crippen LogP contribution is -2.40. The molecule has 0 aromatic heterocycles. The van der Waals surface area contributed by atoms with E-state index in [1.165, 1.54) is 0 Å². The number of amides is 1. The molecule has 0 radical (unpaired) electrons. The summed E-state index contributed by atoms with van der Waals surface area (Å²) in [7, 11) is 0. The van der Waals surface area contributed by atoms with Gasteiger partial charge >= 0.3 is 12.3 Å². The molecule has 1 saturated heterocycles. The number of Topliss-reactive ketones (excluding diaryl/α,β-unsaturated/α-hetero) is 1. The Bertz CT molecular complexity index is 545. The Kier molecular flexibility index (Phi) is 5.23. The van der Waals surface area contributed by atoms with Crippen molar-refractivity contribution >= 4 is 18.1 Å². The van der Waals surface area contributed by atoms with Gasteiger partial charge in [0.25, 0.3) is 0 Å².